The Hall–Kier alpha value is -2.47. The Morgan fingerprint density at radius 2 is 1.67 bits per heavy atom. The number of hydrogen-bond donors (Lipinski definition) is 2. The van der Waals surface area contributed by atoms with E-state index in [2.05, 4.69) is 41.8 Å². The van der Waals surface area contributed by atoms with Gasteiger partial charge in [-0.15, -0.1) is 0 Å². The first-order valence-corrected chi connectivity index (χ1v) is 9.06. The summed E-state index contributed by atoms with van der Waals surface area (Å²) in [5, 5.41) is 5.61. The molecule has 6 heteroatoms. The van der Waals surface area contributed by atoms with Gasteiger partial charge in [0.25, 0.3) is 0 Å². The Morgan fingerprint density at radius 3 is 2.22 bits per heavy atom. The van der Waals surface area contributed by atoms with Crippen LogP contribution < -0.4 is 10.6 Å². The summed E-state index contributed by atoms with van der Waals surface area (Å²) in [5.41, 5.74) is 2.89. The van der Waals surface area contributed by atoms with Crippen molar-refractivity contribution in [1.82, 2.24) is 15.5 Å². The summed E-state index contributed by atoms with van der Waals surface area (Å²) in [7, 11) is 3.92. The molecule has 2 amide bonds. The predicted molar refractivity (Wildman–Crippen MR) is 104 cm³/mol. The zero-order chi connectivity index (χ0) is 20.0. The molecule has 0 fully saturated rings. The molecular weight excluding hydrogens is 348 g/mol. The topological polar surface area (TPSA) is 44.4 Å². The number of likely N-dealkylation sites (N-methyl/N-ethyl adjacent to an activating group) is 1. The normalized spacial score (nSPS) is 13.3. The molecule has 0 aromatic heterocycles. The first-order chi connectivity index (χ1) is 12.8. The number of halogens is 2. The van der Waals surface area contributed by atoms with Gasteiger partial charge in [0.15, 0.2) is 11.6 Å². The second-order valence-corrected chi connectivity index (χ2v) is 6.82. The van der Waals surface area contributed by atoms with Crippen molar-refractivity contribution in [1.29, 1.82) is 0 Å². The van der Waals surface area contributed by atoms with Crippen LogP contribution in [0.2, 0.25) is 0 Å². The van der Waals surface area contributed by atoms with Gasteiger partial charge in [-0.2, -0.15) is 0 Å². The van der Waals surface area contributed by atoms with Gasteiger partial charge in [0, 0.05) is 6.54 Å². The van der Waals surface area contributed by atoms with Gasteiger partial charge in [-0.05, 0) is 56.3 Å². The number of rotatable bonds is 7. The van der Waals surface area contributed by atoms with Gasteiger partial charge in [0.1, 0.15) is 0 Å². The van der Waals surface area contributed by atoms with Crippen molar-refractivity contribution in [3.63, 3.8) is 0 Å². The lowest BCUT2D eigenvalue weighted by Crippen LogP contribution is -2.41. The molecule has 2 unspecified atom stereocenters. The van der Waals surface area contributed by atoms with E-state index in [1.54, 1.807) is 6.92 Å². The molecule has 2 atom stereocenters. The number of amides is 2. The fourth-order valence-electron chi connectivity index (χ4n) is 2.88. The predicted octanol–water partition coefficient (Wildman–Crippen LogP) is 4.19. The maximum atomic E-state index is 13.4. The van der Waals surface area contributed by atoms with Crippen molar-refractivity contribution < 1.29 is 13.6 Å². The highest BCUT2D eigenvalue weighted by Crippen LogP contribution is 2.19. The maximum Gasteiger partial charge on any atom is 0.315 e. The van der Waals surface area contributed by atoms with Gasteiger partial charge in [0.05, 0.1) is 12.1 Å². The van der Waals surface area contributed by atoms with E-state index in [0.29, 0.717) is 12.1 Å². The second-order valence-electron chi connectivity index (χ2n) is 6.82. The fourth-order valence-corrected chi connectivity index (χ4v) is 2.88. The van der Waals surface area contributed by atoms with Crippen molar-refractivity contribution >= 4 is 6.03 Å². The molecule has 2 N–H and O–H groups in total. The van der Waals surface area contributed by atoms with Gasteiger partial charge in [-0.1, -0.05) is 37.3 Å². The summed E-state index contributed by atoms with van der Waals surface area (Å²) in [5.74, 6) is -1.83. The van der Waals surface area contributed by atoms with Crippen LogP contribution in [0.15, 0.2) is 42.5 Å². The number of hydrogen-bond acceptors (Lipinski definition) is 2. The van der Waals surface area contributed by atoms with E-state index in [9.17, 15) is 13.6 Å². The van der Waals surface area contributed by atoms with Crippen LogP contribution in [0, 0.1) is 11.6 Å². The molecule has 0 bridgehead atoms. The Morgan fingerprint density at radius 1 is 1.04 bits per heavy atom. The van der Waals surface area contributed by atoms with Crippen LogP contribution in [0.1, 0.15) is 42.6 Å². The molecule has 4 nitrogen and oxygen atoms in total. The zero-order valence-electron chi connectivity index (χ0n) is 16.2. The van der Waals surface area contributed by atoms with Crippen LogP contribution in [0.4, 0.5) is 13.6 Å². The minimum absolute atomic E-state index is 0.0280. The average Bonchev–Trinajstić information content (AvgIpc) is 2.64. The fraction of sp³-hybridized carbons (Fsp3) is 0.381. The van der Waals surface area contributed by atoms with Crippen molar-refractivity contribution in [3.8, 4) is 0 Å². The highest BCUT2D eigenvalue weighted by Gasteiger charge is 2.17. The number of carbonyl (C=O) groups excluding carboxylic acids is 1. The number of urea groups is 1. The molecule has 2 rings (SSSR count). The van der Waals surface area contributed by atoms with E-state index in [1.165, 1.54) is 11.6 Å². The first kappa shape index (κ1) is 20.8. The molecule has 0 heterocycles. The molecule has 0 saturated carbocycles. The van der Waals surface area contributed by atoms with E-state index in [-0.39, 0.29) is 12.1 Å². The molecular formula is C21H27F2N3O. The number of benzene rings is 2. The first-order valence-electron chi connectivity index (χ1n) is 9.06. The molecule has 2 aromatic carbocycles. The molecule has 0 radical (unpaired) electrons. The van der Waals surface area contributed by atoms with Crippen LogP contribution in [0.3, 0.4) is 0 Å². The van der Waals surface area contributed by atoms with Crippen molar-refractivity contribution in [2.75, 3.05) is 20.6 Å². The molecule has 0 saturated heterocycles. The standard InChI is InChI=1S/C21H27F2N3O/c1-5-15-6-8-16(9-7-15)20(26(3)4)13-24-21(27)25-14(2)17-10-11-18(22)19(23)12-17/h6-12,14,20H,5,13H2,1-4H3,(H2,24,25,27). The SMILES string of the molecule is CCc1ccc(C(CNC(=O)NC(C)c2ccc(F)c(F)c2)N(C)C)cc1. The molecule has 0 aliphatic carbocycles. The molecule has 0 aliphatic heterocycles. The average molecular weight is 375 g/mol. The highest BCUT2D eigenvalue weighted by molar-refractivity contribution is 5.74. The number of aryl methyl sites for hydroxylation is 1. The van der Waals surface area contributed by atoms with Crippen LogP contribution >= 0.6 is 0 Å². The lowest BCUT2D eigenvalue weighted by atomic mass is 10.0. The van der Waals surface area contributed by atoms with E-state index in [0.717, 1.165) is 24.1 Å². The zero-order valence-corrected chi connectivity index (χ0v) is 16.2. The van der Waals surface area contributed by atoms with E-state index in [1.807, 2.05) is 19.0 Å². The van der Waals surface area contributed by atoms with Gasteiger partial charge >= 0.3 is 6.03 Å². The van der Waals surface area contributed by atoms with Crippen LogP contribution in [0.5, 0.6) is 0 Å². The van der Waals surface area contributed by atoms with Gasteiger partial charge in [-0.25, -0.2) is 13.6 Å². The lowest BCUT2D eigenvalue weighted by Gasteiger charge is -2.26. The Labute approximate surface area is 159 Å². The Balaban J connectivity index is 1.95. The smallest absolute Gasteiger partial charge is 0.315 e. The largest absolute Gasteiger partial charge is 0.336 e. The molecule has 0 aliphatic rings. The second kappa shape index (κ2) is 9.46. The van der Waals surface area contributed by atoms with E-state index >= 15 is 0 Å². The lowest BCUT2D eigenvalue weighted by molar-refractivity contribution is 0.230. The third-order valence-corrected chi connectivity index (χ3v) is 4.64. The van der Waals surface area contributed by atoms with Crippen LogP contribution in [-0.2, 0) is 6.42 Å². The summed E-state index contributed by atoms with van der Waals surface area (Å²) in [6, 6.07) is 11.2. The van der Waals surface area contributed by atoms with Gasteiger partial charge < -0.3 is 15.5 Å². The van der Waals surface area contributed by atoms with Crippen molar-refractivity contribution in [3.05, 3.63) is 70.8 Å². The third-order valence-electron chi connectivity index (χ3n) is 4.64. The molecule has 0 spiro atoms. The minimum Gasteiger partial charge on any atom is -0.336 e. The Bertz CT molecular complexity index is 763. The molecule has 146 valence electrons. The highest BCUT2D eigenvalue weighted by atomic mass is 19.2. The summed E-state index contributed by atoms with van der Waals surface area (Å²) >= 11 is 0. The summed E-state index contributed by atoms with van der Waals surface area (Å²) in [6.45, 7) is 4.26. The molecule has 2 aromatic rings. The molecule has 27 heavy (non-hydrogen) atoms. The monoisotopic (exact) mass is 375 g/mol. The van der Waals surface area contributed by atoms with Crippen LogP contribution in [0.25, 0.3) is 0 Å². The summed E-state index contributed by atoms with van der Waals surface area (Å²) in [6.07, 6.45) is 0.982. The van der Waals surface area contributed by atoms with E-state index < -0.39 is 17.7 Å². The van der Waals surface area contributed by atoms with Crippen molar-refractivity contribution in [2.24, 2.45) is 0 Å². The van der Waals surface area contributed by atoms with Crippen molar-refractivity contribution in [2.45, 2.75) is 32.4 Å². The van der Waals surface area contributed by atoms with Gasteiger partial charge in [0.2, 0.25) is 0 Å². The maximum absolute atomic E-state index is 13.4. The minimum atomic E-state index is -0.926. The third kappa shape index (κ3) is 5.76. The quantitative estimate of drug-likeness (QED) is 0.762. The summed E-state index contributed by atoms with van der Waals surface area (Å²) < 4.78 is 26.4. The number of nitrogens with zero attached hydrogens (tertiary/aromatic N) is 1. The van der Waals surface area contributed by atoms with E-state index in [4.69, 9.17) is 0 Å². The number of carbonyl (C=O) groups is 1. The van der Waals surface area contributed by atoms with Crippen LogP contribution in [-0.4, -0.2) is 31.6 Å². The number of nitrogens with one attached hydrogen (secondary N) is 2. The van der Waals surface area contributed by atoms with Gasteiger partial charge in [-0.3, -0.25) is 0 Å². The Kier molecular flexibility index (Phi) is 7.30. The summed E-state index contributed by atoms with van der Waals surface area (Å²) in [4.78, 5) is 14.3.